The molecule has 2 fully saturated rings. The van der Waals surface area contributed by atoms with Gasteiger partial charge in [-0.1, -0.05) is 48.5 Å². The van der Waals surface area contributed by atoms with Gasteiger partial charge in [0.2, 0.25) is 0 Å². The molecule has 4 rings (SSSR count). The summed E-state index contributed by atoms with van der Waals surface area (Å²) in [5.41, 5.74) is 2.84. The quantitative estimate of drug-likeness (QED) is 0.899. The van der Waals surface area contributed by atoms with Crippen LogP contribution in [0.4, 0.5) is 0 Å². The number of aliphatic carboxylic acids is 1. The van der Waals surface area contributed by atoms with E-state index in [0.717, 1.165) is 24.0 Å². The molecular formula is C22H23NO3. The third-order valence-corrected chi connectivity index (χ3v) is 5.68. The summed E-state index contributed by atoms with van der Waals surface area (Å²) < 4.78 is 0. The Labute approximate surface area is 153 Å². The number of carboxylic acids is 1. The van der Waals surface area contributed by atoms with Gasteiger partial charge >= 0.3 is 5.97 Å². The molecule has 1 saturated heterocycles. The first-order valence-electron chi connectivity index (χ1n) is 9.27. The topological polar surface area (TPSA) is 57.6 Å². The van der Waals surface area contributed by atoms with Gasteiger partial charge in [-0.3, -0.25) is 9.59 Å². The third-order valence-electron chi connectivity index (χ3n) is 5.68. The minimum atomic E-state index is -0.769. The van der Waals surface area contributed by atoms with Gasteiger partial charge in [0.15, 0.2) is 0 Å². The predicted octanol–water partition coefficient (Wildman–Crippen LogP) is 3.46. The molecule has 2 aromatic rings. The number of carboxylic acid groups (broad SMARTS) is 1. The molecule has 134 valence electrons. The Morgan fingerprint density at radius 2 is 1.65 bits per heavy atom. The van der Waals surface area contributed by atoms with Gasteiger partial charge in [0.05, 0.1) is 5.92 Å². The number of hydrogen-bond donors (Lipinski definition) is 1. The van der Waals surface area contributed by atoms with Crippen LogP contribution in [0.25, 0.3) is 0 Å². The largest absolute Gasteiger partial charge is 0.481 e. The van der Waals surface area contributed by atoms with Gasteiger partial charge in [-0.15, -0.1) is 0 Å². The Balaban J connectivity index is 1.56. The van der Waals surface area contributed by atoms with Crippen molar-refractivity contribution in [3.05, 3.63) is 71.3 Å². The van der Waals surface area contributed by atoms with Crippen LogP contribution in [0.5, 0.6) is 0 Å². The van der Waals surface area contributed by atoms with Crippen LogP contribution >= 0.6 is 0 Å². The number of nitrogens with zero attached hydrogens (tertiary/aromatic N) is 1. The average molecular weight is 349 g/mol. The van der Waals surface area contributed by atoms with Crippen molar-refractivity contribution in [1.82, 2.24) is 4.90 Å². The van der Waals surface area contributed by atoms with E-state index in [9.17, 15) is 14.7 Å². The predicted molar refractivity (Wildman–Crippen MR) is 98.9 cm³/mol. The maximum absolute atomic E-state index is 13.1. The molecule has 26 heavy (non-hydrogen) atoms. The van der Waals surface area contributed by atoms with E-state index in [-0.39, 0.29) is 11.8 Å². The van der Waals surface area contributed by atoms with Gasteiger partial charge in [0.25, 0.3) is 5.91 Å². The minimum absolute atomic E-state index is 0.0362. The second-order valence-corrected chi connectivity index (χ2v) is 7.48. The molecule has 2 aromatic carbocycles. The molecule has 1 N–H and O–H groups in total. The Morgan fingerprint density at radius 1 is 0.962 bits per heavy atom. The molecule has 2 atom stereocenters. The van der Waals surface area contributed by atoms with Gasteiger partial charge in [-0.05, 0) is 48.3 Å². The molecule has 2 aliphatic rings. The summed E-state index contributed by atoms with van der Waals surface area (Å²) in [6, 6.07) is 17.8. The Morgan fingerprint density at radius 3 is 2.35 bits per heavy atom. The molecule has 1 amide bonds. The maximum Gasteiger partial charge on any atom is 0.308 e. The summed E-state index contributed by atoms with van der Waals surface area (Å²) in [5.74, 6) is -0.639. The van der Waals surface area contributed by atoms with E-state index < -0.39 is 11.9 Å². The van der Waals surface area contributed by atoms with Crippen molar-refractivity contribution in [3.63, 3.8) is 0 Å². The van der Waals surface area contributed by atoms with E-state index in [4.69, 9.17) is 0 Å². The van der Waals surface area contributed by atoms with Gasteiger partial charge in [-0.25, -0.2) is 0 Å². The zero-order chi connectivity index (χ0) is 18.1. The Bertz CT molecular complexity index is 813. The molecule has 1 heterocycles. The van der Waals surface area contributed by atoms with Crippen molar-refractivity contribution < 1.29 is 14.7 Å². The molecule has 0 aromatic heterocycles. The summed E-state index contributed by atoms with van der Waals surface area (Å²) in [7, 11) is 0. The van der Waals surface area contributed by atoms with Crippen molar-refractivity contribution in [2.24, 2.45) is 17.8 Å². The van der Waals surface area contributed by atoms with Crippen LogP contribution in [0.15, 0.2) is 54.6 Å². The molecule has 4 nitrogen and oxygen atoms in total. The van der Waals surface area contributed by atoms with Crippen molar-refractivity contribution in [2.45, 2.75) is 19.3 Å². The van der Waals surface area contributed by atoms with Gasteiger partial charge in [-0.2, -0.15) is 0 Å². The zero-order valence-corrected chi connectivity index (χ0v) is 14.7. The van der Waals surface area contributed by atoms with Crippen molar-refractivity contribution in [3.8, 4) is 0 Å². The number of benzene rings is 2. The van der Waals surface area contributed by atoms with Crippen LogP contribution < -0.4 is 0 Å². The lowest BCUT2D eigenvalue weighted by Crippen LogP contribution is -2.30. The summed E-state index contributed by atoms with van der Waals surface area (Å²) in [5, 5.41) is 9.54. The lowest BCUT2D eigenvalue weighted by Gasteiger charge is -2.18. The standard InChI is InChI=1S/C22H23NO3/c24-21(23-13-19(16-10-11-16)20(14-23)22(25)26)18-9-5-4-8-17(18)12-15-6-2-1-3-7-15/h1-9,16,19-20H,10-14H2,(H,25,26)/t19-,20+/m1/s1. The maximum atomic E-state index is 13.1. The second-order valence-electron chi connectivity index (χ2n) is 7.48. The highest BCUT2D eigenvalue weighted by atomic mass is 16.4. The van der Waals surface area contributed by atoms with E-state index >= 15 is 0 Å². The van der Waals surface area contributed by atoms with Crippen LogP contribution in [-0.2, 0) is 11.2 Å². The highest BCUT2D eigenvalue weighted by Crippen LogP contribution is 2.44. The third kappa shape index (κ3) is 3.36. The normalized spacial score (nSPS) is 22.4. The number of amides is 1. The van der Waals surface area contributed by atoms with Gasteiger partial charge < -0.3 is 10.0 Å². The molecule has 0 unspecified atom stereocenters. The molecular weight excluding hydrogens is 326 g/mol. The van der Waals surface area contributed by atoms with Gasteiger partial charge in [0.1, 0.15) is 0 Å². The number of rotatable bonds is 5. The highest BCUT2D eigenvalue weighted by molar-refractivity contribution is 5.96. The number of hydrogen-bond acceptors (Lipinski definition) is 2. The fraction of sp³-hybridized carbons (Fsp3) is 0.364. The highest BCUT2D eigenvalue weighted by Gasteiger charge is 2.47. The molecule has 1 saturated carbocycles. The second kappa shape index (κ2) is 6.94. The first-order chi connectivity index (χ1) is 12.6. The van der Waals surface area contributed by atoms with Crippen LogP contribution in [0.1, 0.15) is 34.3 Å². The SMILES string of the molecule is O=C(O)[C@H]1CN(C(=O)c2ccccc2Cc2ccccc2)C[C@@H]1C1CC1. The first-order valence-corrected chi connectivity index (χ1v) is 9.27. The summed E-state index contributed by atoms with van der Waals surface area (Å²) in [4.78, 5) is 26.5. The fourth-order valence-electron chi connectivity index (χ4n) is 4.13. The van der Waals surface area contributed by atoms with E-state index in [1.807, 2.05) is 42.5 Å². The summed E-state index contributed by atoms with van der Waals surface area (Å²) in [6.07, 6.45) is 2.90. The van der Waals surface area contributed by atoms with Crippen molar-refractivity contribution >= 4 is 11.9 Å². The van der Waals surface area contributed by atoms with E-state index in [0.29, 0.717) is 31.0 Å². The number of likely N-dealkylation sites (tertiary alicyclic amines) is 1. The monoisotopic (exact) mass is 349 g/mol. The van der Waals surface area contributed by atoms with E-state index in [1.54, 1.807) is 4.90 Å². The smallest absolute Gasteiger partial charge is 0.308 e. The van der Waals surface area contributed by atoms with Crippen LogP contribution in [0.3, 0.4) is 0 Å². The molecule has 0 radical (unpaired) electrons. The summed E-state index contributed by atoms with van der Waals surface area (Å²) in [6.45, 7) is 0.898. The van der Waals surface area contributed by atoms with Crippen molar-refractivity contribution in [1.29, 1.82) is 0 Å². The van der Waals surface area contributed by atoms with Gasteiger partial charge in [0, 0.05) is 18.7 Å². The first kappa shape index (κ1) is 16.8. The lowest BCUT2D eigenvalue weighted by molar-refractivity contribution is -0.142. The van der Waals surface area contributed by atoms with E-state index in [1.165, 1.54) is 0 Å². The summed E-state index contributed by atoms with van der Waals surface area (Å²) >= 11 is 0. The van der Waals surface area contributed by atoms with Crippen LogP contribution in [-0.4, -0.2) is 35.0 Å². The number of carbonyl (C=O) groups is 2. The molecule has 1 aliphatic heterocycles. The minimum Gasteiger partial charge on any atom is -0.481 e. The lowest BCUT2D eigenvalue weighted by atomic mass is 9.92. The molecule has 0 bridgehead atoms. The average Bonchev–Trinajstić information content (AvgIpc) is 3.40. The number of carbonyl (C=O) groups excluding carboxylic acids is 1. The van der Waals surface area contributed by atoms with Crippen molar-refractivity contribution in [2.75, 3.05) is 13.1 Å². The molecule has 4 heteroatoms. The van der Waals surface area contributed by atoms with Crippen LogP contribution in [0.2, 0.25) is 0 Å². The van der Waals surface area contributed by atoms with E-state index in [2.05, 4.69) is 12.1 Å². The Hall–Kier alpha value is -2.62. The van der Waals surface area contributed by atoms with Crippen LogP contribution in [0, 0.1) is 17.8 Å². The fourth-order valence-corrected chi connectivity index (χ4v) is 4.13. The zero-order valence-electron chi connectivity index (χ0n) is 14.7. The molecule has 0 spiro atoms. The Kier molecular flexibility index (Phi) is 4.49. The molecule has 1 aliphatic carbocycles.